The molecule has 1 aromatic carbocycles. The van der Waals surface area contributed by atoms with Gasteiger partial charge in [-0.3, -0.25) is 0 Å². The van der Waals surface area contributed by atoms with Crippen LogP contribution in [0.15, 0.2) is 24.4 Å². The lowest BCUT2D eigenvalue weighted by Crippen LogP contribution is -2.25. The third-order valence-corrected chi connectivity index (χ3v) is 3.79. The molecule has 0 saturated carbocycles. The summed E-state index contributed by atoms with van der Waals surface area (Å²) in [5, 5.41) is 13.2. The topological polar surface area (TPSA) is 41.0 Å². The zero-order valence-corrected chi connectivity index (χ0v) is 12.8. The maximum absolute atomic E-state index is 6.13. The molecule has 0 aliphatic heterocycles. The number of benzene rings is 1. The van der Waals surface area contributed by atoms with Gasteiger partial charge in [-0.1, -0.05) is 37.6 Å². The van der Waals surface area contributed by atoms with E-state index in [9.17, 15) is 0 Å². The molecule has 0 atom stereocenters. The highest BCUT2D eigenvalue weighted by Crippen LogP contribution is 2.25. The summed E-state index contributed by atoms with van der Waals surface area (Å²) in [6.45, 7) is 8.62. The monoisotopic (exact) mass is 292 g/mol. The van der Waals surface area contributed by atoms with E-state index < -0.39 is 0 Å². The Morgan fingerprint density at radius 1 is 1.25 bits per heavy atom. The van der Waals surface area contributed by atoms with Gasteiger partial charge < -0.3 is 10.2 Å². The fourth-order valence-corrected chi connectivity index (χ4v) is 2.47. The molecule has 0 fully saturated rings. The standard InChI is InChI=1S/C15H21ClN4/c1-3-20(4-2)10-6-9-17-14-11-18-19-15-12(14)7-5-8-13(15)16/h5,7-8,11H,3-4,6,9-10H2,1-2H3,(H,17,19). The lowest BCUT2D eigenvalue weighted by atomic mass is 10.2. The number of hydrogen-bond donors (Lipinski definition) is 1. The molecule has 1 aromatic heterocycles. The van der Waals surface area contributed by atoms with Crippen LogP contribution in [0.1, 0.15) is 20.3 Å². The summed E-state index contributed by atoms with van der Waals surface area (Å²) in [6.07, 6.45) is 2.86. The van der Waals surface area contributed by atoms with E-state index in [-0.39, 0.29) is 0 Å². The van der Waals surface area contributed by atoms with E-state index >= 15 is 0 Å². The summed E-state index contributed by atoms with van der Waals surface area (Å²) >= 11 is 6.13. The number of halogens is 1. The molecule has 108 valence electrons. The first-order valence-corrected chi connectivity index (χ1v) is 7.50. The Morgan fingerprint density at radius 3 is 2.80 bits per heavy atom. The van der Waals surface area contributed by atoms with Crippen molar-refractivity contribution >= 4 is 28.2 Å². The van der Waals surface area contributed by atoms with Gasteiger partial charge in [0, 0.05) is 11.9 Å². The number of anilines is 1. The largest absolute Gasteiger partial charge is 0.383 e. The van der Waals surface area contributed by atoms with Gasteiger partial charge >= 0.3 is 0 Å². The molecular formula is C15H21ClN4. The lowest BCUT2D eigenvalue weighted by molar-refractivity contribution is 0.303. The molecule has 0 saturated heterocycles. The Balaban J connectivity index is 1.98. The number of nitrogens with zero attached hydrogens (tertiary/aromatic N) is 3. The van der Waals surface area contributed by atoms with Crippen molar-refractivity contribution in [2.24, 2.45) is 0 Å². The minimum absolute atomic E-state index is 0.641. The van der Waals surface area contributed by atoms with E-state index in [1.54, 1.807) is 6.20 Å². The fraction of sp³-hybridized carbons (Fsp3) is 0.467. The highest BCUT2D eigenvalue weighted by Gasteiger charge is 2.05. The van der Waals surface area contributed by atoms with Gasteiger partial charge in [0.05, 0.1) is 16.9 Å². The van der Waals surface area contributed by atoms with E-state index in [1.165, 1.54) is 0 Å². The van der Waals surface area contributed by atoms with E-state index in [0.717, 1.165) is 49.2 Å². The summed E-state index contributed by atoms with van der Waals surface area (Å²) in [5.74, 6) is 0. The summed E-state index contributed by atoms with van der Waals surface area (Å²) in [6, 6.07) is 5.79. The normalized spacial score (nSPS) is 11.2. The SMILES string of the molecule is CCN(CC)CCCNc1cnnc2c(Cl)cccc12. The van der Waals surface area contributed by atoms with Gasteiger partial charge in [-0.05, 0) is 32.1 Å². The molecule has 0 unspecified atom stereocenters. The van der Waals surface area contributed by atoms with Crippen LogP contribution in [0.4, 0.5) is 5.69 Å². The van der Waals surface area contributed by atoms with Crippen LogP contribution in [0, 0.1) is 0 Å². The molecule has 2 rings (SSSR count). The van der Waals surface area contributed by atoms with Crippen molar-refractivity contribution in [3.8, 4) is 0 Å². The lowest BCUT2D eigenvalue weighted by Gasteiger charge is -2.18. The minimum atomic E-state index is 0.641. The Bertz CT molecular complexity index is 555. The van der Waals surface area contributed by atoms with E-state index in [1.807, 2.05) is 18.2 Å². The molecule has 0 amide bonds. The molecule has 2 aromatic rings. The highest BCUT2D eigenvalue weighted by molar-refractivity contribution is 6.35. The van der Waals surface area contributed by atoms with Gasteiger partial charge in [0.15, 0.2) is 0 Å². The van der Waals surface area contributed by atoms with Crippen LogP contribution >= 0.6 is 11.6 Å². The molecule has 0 aliphatic rings. The fourth-order valence-electron chi connectivity index (χ4n) is 2.25. The molecule has 1 N–H and O–H groups in total. The first-order chi connectivity index (χ1) is 9.76. The van der Waals surface area contributed by atoms with Crippen molar-refractivity contribution in [3.63, 3.8) is 0 Å². The first-order valence-electron chi connectivity index (χ1n) is 7.12. The van der Waals surface area contributed by atoms with Crippen molar-refractivity contribution in [2.45, 2.75) is 20.3 Å². The second kappa shape index (κ2) is 7.41. The molecule has 0 spiro atoms. The van der Waals surface area contributed by atoms with Gasteiger partial charge in [-0.15, -0.1) is 5.10 Å². The van der Waals surface area contributed by atoms with Crippen LogP contribution < -0.4 is 5.32 Å². The Morgan fingerprint density at radius 2 is 2.05 bits per heavy atom. The molecule has 0 aliphatic carbocycles. The summed E-state index contributed by atoms with van der Waals surface area (Å²) in [5.41, 5.74) is 1.75. The maximum Gasteiger partial charge on any atom is 0.114 e. The number of rotatable bonds is 7. The molecule has 20 heavy (non-hydrogen) atoms. The van der Waals surface area contributed by atoms with Crippen molar-refractivity contribution in [2.75, 3.05) is 31.5 Å². The molecule has 0 bridgehead atoms. The zero-order valence-electron chi connectivity index (χ0n) is 12.1. The number of fused-ring (bicyclic) bond motifs is 1. The van der Waals surface area contributed by atoms with E-state index in [0.29, 0.717) is 5.02 Å². The molecule has 1 heterocycles. The number of nitrogens with one attached hydrogen (secondary N) is 1. The van der Waals surface area contributed by atoms with Crippen LogP contribution in [-0.4, -0.2) is 41.3 Å². The van der Waals surface area contributed by atoms with Crippen molar-refractivity contribution < 1.29 is 0 Å². The minimum Gasteiger partial charge on any atom is -0.383 e. The third kappa shape index (κ3) is 3.58. The van der Waals surface area contributed by atoms with Crippen molar-refractivity contribution in [3.05, 3.63) is 29.4 Å². The van der Waals surface area contributed by atoms with Gasteiger partial charge in [-0.25, -0.2) is 0 Å². The summed E-state index contributed by atoms with van der Waals surface area (Å²) in [4.78, 5) is 2.42. The Hall–Kier alpha value is -1.39. The van der Waals surface area contributed by atoms with Crippen molar-refractivity contribution in [1.29, 1.82) is 0 Å². The third-order valence-electron chi connectivity index (χ3n) is 3.48. The van der Waals surface area contributed by atoms with Crippen LogP contribution in [0.5, 0.6) is 0 Å². The van der Waals surface area contributed by atoms with Gasteiger partial charge in [0.2, 0.25) is 0 Å². The van der Waals surface area contributed by atoms with Gasteiger partial charge in [0.1, 0.15) is 5.52 Å². The molecule has 0 radical (unpaired) electrons. The quantitative estimate of drug-likeness (QED) is 0.794. The van der Waals surface area contributed by atoms with Crippen LogP contribution in [0.25, 0.3) is 10.9 Å². The van der Waals surface area contributed by atoms with Crippen molar-refractivity contribution in [1.82, 2.24) is 15.1 Å². The molecular weight excluding hydrogens is 272 g/mol. The number of aromatic nitrogens is 2. The summed E-state index contributed by atoms with van der Waals surface area (Å²) < 4.78 is 0. The van der Waals surface area contributed by atoms with Crippen LogP contribution in [-0.2, 0) is 0 Å². The molecule has 5 heteroatoms. The van der Waals surface area contributed by atoms with E-state index in [4.69, 9.17) is 11.6 Å². The van der Waals surface area contributed by atoms with Crippen LogP contribution in [0.3, 0.4) is 0 Å². The predicted molar refractivity (Wildman–Crippen MR) is 85.4 cm³/mol. The number of hydrogen-bond acceptors (Lipinski definition) is 4. The first kappa shape index (κ1) is 15.0. The summed E-state index contributed by atoms with van der Waals surface area (Å²) in [7, 11) is 0. The van der Waals surface area contributed by atoms with Gasteiger partial charge in [-0.2, -0.15) is 5.10 Å². The predicted octanol–water partition coefficient (Wildman–Crippen LogP) is 3.43. The Kier molecular flexibility index (Phi) is 5.56. The van der Waals surface area contributed by atoms with E-state index in [2.05, 4.69) is 34.3 Å². The zero-order chi connectivity index (χ0) is 14.4. The average molecular weight is 293 g/mol. The highest BCUT2D eigenvalue weighted by atomic mass is 35.5. The van der Waals surface area contributed by atoms with Gasteiger partial charge in [0.25, 0.3) is 0 Å². The second-order valence-electron chi connectivity index (χ2n) is 4.70. The average Bonchev–Trinajstić information content (AvgIpc) is 2.48. The Labute approximate surface area is 125 Å². The van der Waals surface area contributed by atoms with Crippen LogP contribution in [0.2, 0.25) is 5.02 Å². The second-order valence-corrected chi connectivity index (χ2v) is 5.11. The smallest absolute Gasteiger partial charge is 0.114 e. The maximum atomic E-state index is 6.13. The molecule has 4 nitrogen and oxygen atoms in total.